The molecule has 10 heteroatoms. The number of thiophene rings is 1. The van der Waals surface area contributed by atoms with Gasteiger partial charge in [-0.05, 0) is 24.3 Å². The van der Waals surface area contributed by atoms with Gasteiger partial charge in [0.25, 0.3) is 11.8 Å². The van der Waals surface area contributed by atoms with Gasteiger partial charge in [-0.25, -0.2) is 0 Å². The number of carbonyl (C=O) groups is 2. The summed E-state index contributed by atoms with van der Waals surface area (Å²) in [7, 11) is 0. The van der Waals surface area contributed by atoms with Crippen LogP contribution in [0.25, 0.3) is 10.8 Å². The van der Waals surface area contributed by atoms with Crippen molar-refractivity contribution in [2.75, 3.05) is 18.6 Å². The van der Waals surface area contributed by atoms with E-state index in [0.29, 0.717) is 32.5 Å². The standard InChI is InChI=1S/C19H14N4O5S/c24-9-8-22-18(25)13-3-1-2-12-15(6-5-14(17(12)13)19(22)26)21-20-10-11-4-7-16(29-11)23(27)28/h1-7,10,21,24H,8-9H2/b20-10+. The minimum atomic E-state index is -0.463. The van der Waals surface area contributed by atoms with E-state index in [1.807, 2.05) is 0 Å². The summed E-state index contributed by atoms with van der Waals surface area (Å²) in [6.45, 7) is -0.372. The van der Waals surface area contributed by atoms with Crippen molar-refractivity contribution in [2.45, 2.75) is 0 Å². The van der Waals surface area contributed by atoms with Gasteiger partial charge in [0, 0.05) is 28.0 Å². The van der Waals surface area contributed by atoms with Crippen LogP contribution in [-0.4, -0.2) is 46.1 Å². The molecular formula is C19H14N4O5S. The summed E-state index contributed by atoms with van der Waals surface area (Å²) in [6.07, 6.45) is 1.46. The Morgan fingerprint density at radius 2 is 1.90 bits per heavy atom. The summed E-state index contributed by atoms with van der Waals surface area (Å²) in [4.78, 5) is 37.3. The van der Waals surface area contributed by atoms with Crippen LogP contribution >= 0.6 is 11.3 Å². The van der Waals surface area contributed by atoms with Crippen LogP contribution in [0.3, 0.4) is 0 Å². The molecule has 2 aromatic carbocycles. The number of hydrazone groups is 1. The van der Waals surface area contributed by atoms with E-state index in [4.69, 9.17) is 5.11 Å². The Morgan fingerprint density at radius 1 is 1.14 bits per heavy atom. The van der Waals surface area contributed by atoms with E-state index in [2.05, 4.69) is 10.5 Å². The van der Waals surface area contributed by atoms with Crippen molar-refractivity contribution in [3.8, 4) is 0 Å². The zero-order chi connectivity index (χ0) is 20.5. The fourth-order valence-electron chi connectivity index (χ4n) is 3.22. The molecule has 2 heterocycles. The lowest BCUT2D eigenvalue weighted by Crippen LogP contribution is -2.41. The van der Waals surface area contributed by atoms with Crippen molar-refractivity contribution in [2.24, 2.45) is 5.10 Å². The van der Waals surface area contributed by atoms with Gasteiger partial charge in [-0.1, -0.05) is 23.5 Å². The summed E-state index contributed by atoms with van der Waals surface area (Å²) in [6, 6.07) is 11.4. The third-order valence-corrected chi connectivity index (χ3v) is 5.46. The van der Waals surface area contributed by atoms with Crippen LogP contribution in [0, 0.1) is 10.1 Å². The summed E-state index contributed by atoms with van der Waals surface area (Å²) >= 11 is 0.999. The molecule has 0 fully saturated rings. The third kappa shape index (κ3) is 3.24. The van der Waals surface area contributed by atoms with Crippen molar-refractivity contribution in [3.05, 3.63) is 68.6 Å². The van der Waals surface area contributed by atoms with Crippen molar-refractivity contribution in [1.29, 1.82) is 0 Å². The molecule has 1 aliphatic rings. The van der Waals surface area contributed by atoms with Crippen LogP contribution < -0.4 is 5.43 Å². The number of β-amino-alcohol motifs (C(OH)–C–C–N with tert-alkyl or cyclic N) is 1. The molecule has 1 aliphatic heterocycles. The smallest absolute Gasteiger partial charge is 0.324 e. The second-order valence-corrected chi connectivity index (χ2v) is 7.27. The predicted octanol–water partition coefficient (Wildman–Crippen LogP) is 2.84. The van der Waals surface area contributed by atoms with Gasteiger partial charge in [-0.3, -0.25) is 30.0 Å². The lowest BCUT2D eigenvalue weighted by molar-refractivity contribution is -0.380. The van der Waals surface area contributed by atoms with Crippen LogP contribution in [0.5, 0.6) is 0 Å². The van der Waals surface area contributed by atoms with Crippen LogP contribution in [0.2, 0.25) is 0 Å². The molecule has 0 saturated heterocycles. The maximum absolute atomic E-state index is 12.7. The number of nitro groups is 1. The van der Waals surface area contributed by atoms with Gasteiger partial charge in [0.05, 0.1) is 34.9 Å². The molecule has 0 saturated carbocycles. The largest absolute Gasteiger partial charge is 0.395 e. The number of imide groups is 1. The summed E-state index contributed by atoms with van der Waals surface area (Å²) in [5.74, 6) is -0.901. The first-order chi connectivity index (χ1) is 14.0. The maximum Gasteiger partial charge on any atom is 0.324 e. The fraction of sp³-hybridized carbons (Fsp3) is 0.105. The number of hydrogen-bond donors (Lipinski definition) is 2. The van der Waals surface area contributed by atoms with E-state index in [0.717, 1.165) is 16.2 Å². The van der Waals surface area contributed by atoms with E-state index in [1.165, 1.54) is 12.3 Å². The lowest BCUT2D eigenvalue weighted by atomic mass is 9.93. The zero-order valence-electron chi connectivity index (χ0n) is 14.9. The molecule has 29 heavy (non-hydrogen) atoms. The average Bonchev–Trinajstić information content (AvgIpc) is 3.19. The van der Waals surface area contributed by atoms with Crippen molar-refractivity contribution in [3.63, 3.8) is 0 Å². The molecule has 0 aliphatic carbocycles. The number of nitrogens with one attached hydrogen (secondary N) is 1. The lowest BCUT2D eigenvalue weighted by Gasteiger charge is -2.27. The highest BCUT2D eigenvalue weighted by Crippen LogP contribution is 2.34. The first-order valence-electron chi connectivity index (χ1n) is 8.57. The van der Waals surface area contributed by atoms with Crippen LogP contribution in [0.4, 0.5) is 10.7 Å². The number of hydrogen-bond acceptors (Lipinski definition) is 8. The van der Waals surface area contributed by atoms with E-state index in [-0.39, 0.29) is 18.2 Å². The Hall–Kier alpha value is -3.63. The normalized spacial score (nSPS) is 13.5. The van der Waals surface area contributed by atoms with Crippen molar-refractivity contribution >= 4 is 50.8 Å². The number of anilines is 1. The predicted molar refractivity (Wildman–Crippen MR) is 109 cm³/mol. The topological polar surface area (TPSA) is 125 Å². The molecule has 0 spiro atoms. The molecule has 0 bridgehead atoms. The van der Waals surface area contributed by atoms with Gasteiger partial charge >= 0.3 is 5.00 Å². The Balaban J connectivity index is 1.68. The molecule has 2 N–H and O–H groups in total. The molecule has 1 aromatic heterocycles. The number of carbonyl (C=O) groups excluding carboxylic acids is 2. The summed E-state index contributed by atoms with van der Waals surface area (Å²) in [5.41, 5.74) is 4.22. The van der Waals surface area contributed by atoms with E-state index in [1.54, 1.807) is 36.4 Å². The quantitative estimate of drug-likeness (QED) is 0.279. The van der Waals surface area contributed by atoms with Gasteiger partial charge in [0.2, 0.25) is 0 Å². The molecule has 4 rings (SSSR count). The van der Waals surface area contributed by atoms with E-state index in [9.17, 15) is 19.7 Å². The zero-order valence-corrected chi connectivity index (χ0v) is 15.7. The monoisotopic (exact) mass is 410 g/mol. The molecular weight excluding hydrogens is 396 g/mol. The van der Waals surface area contributed by atoms with E-state index >= 15 is 0 Å². The number of aliphatic hydroxyl groups is 1. The number of aliphatic hydroxyl groups excluding tert-OH is 1. The van der Waals surface area contributed by atoms with Gasteiger partial charge < -0.3 is 5.11 Å². The number of benzene rings is 2. The van der Waals surface area contributed by atoms with Crippen molar-refractivity contribution in [1.82, 2.24) is 4.90 Å². The van der Waals surface area contributed by atoms with Crippen LogP contribution in [-0.2, 0) is 0 Å². The van der Waals surface area contributed by atoms with Crippen LogP contribution in [0.15, 0.2) is 47.6 Å². The fourth-order valence-corrected chi connectivity index (χ4v) is 3.92. The Bertz CT molecular complexity index is 1160. The van der Waals surface area contributed by atoms with Gasteiger partial charge in [0.15, 0.2) is 0 Å². The summed E-state index contributed by atoms with van der Waals surface area (Å²) < 4.78 is 0. The Labute approximate surface area is 168 Å². The number of rotatable bonds is 6. The summed E-state index contributed by atoms with van der Waals surface area (Å²) in [5, 5.41) is 25.2. The van der Waals surface area contributed by atoms with Crippen molar-refractivity contribution < 1.29 is 19.6 Å². The third-order valence-electron chi connectivity index (χ3n) is 4.48. The molecule has 2 amide bonds. The molecule has 146 valence electrons. The second kappa shape index (κ2) is 7.41. The maximum atomic E-state index is 12.7. The van der Waals surface area contributed by atoms with Gasteiger partial charge in [0.1, 0.15) is 0 Å². The molecule has 9 nitrogen and oxygen atoms in total. The van der Waals surface area contributed by atoms with E-state index < -0.39 is 16.7 Å². The van der Waals surface area contributed by atoms with Gasteiger partial charge in [-0.15, -0.1) is 0 Å². The molecule has 0 atom stereocenters. The number of amides is 2. The van der Waals surface area contributed by atoms with Gasteiger partial charge in [-0.2, -0.15) is 5.10 Å². The van der Waals surface area contributed by atoms with Crippen LogP contribution in [0.1, 0.15) is 25.6 Å². The minimum Gasteiger partial charge on any atom is -0.395 e. The SMILES string of the molecule is O=C1c2cccc3c(N/N=C/c4ccc([N+](=O)[O-])s4)ccc(c23)C(=O)N1CCO. The highest BCUT2D eigenvalue weighted by atomic mass is 32.1. The Kier molecular flexibility index (Phi) is 4.79. The minimum absolute atomic E-state index is 0.0255. The highest BCUT2D eigenvalue weighted by Gasteiger charge is 2.32. The molecule has 0 radical (unpaired) electrons. The second-order valence-electron chi connectivity index (χ2n) is 6.18. The first kappa shape index (κ1) is 18.7. The molecule has 3 aromatic rings. The molecule has 0 unspecified atom stereocenters. The Morgan fingerprint density at radius 3 is 2.59 bits per heavy atom. The first-order valence-corrected chi connectivity index (χ1v) is 9.39. The average molecular weight is 410 g/mol. The highest BCUT2D eigenvalue weighted by molar-refractivity contribution is 7.16. The number of nitrogens with zero attached hydrogens (tertiary/aromatic N) is 3.